The summed E-state index contributed by atoms with van der Waals surface area (Å²) >= 11 is 0. The number of amides is 7. The van der Waals surface area contributed by atoms with Gasteiger partial charge in [0.1, 0.15) is 29.9 Å². The Kier molecular flexibility index (Phi) is 17.6. The molecule has 0 bridgehead atoms. The van der Waals surface area contributed by atoms with Crippen molar-refractivity contribution in [3.63, 3.8) is 0 Å². The fraction of sp³-hybridized carbons (Fsp3) is 0.358. The molecule has 4 aromatic carbocycles. The van der Waals surface area contributed by atoms with Crippen LogP contribution in [-0.2, 0) is 48.0 Å². The lowest BCUT2D eigenvalue weighted by Crippen LogP contribution is -2.59. The number of aromatic nitrogens is 1. The summed E-state index contributed by atoms with van der Waals surface area (Å²) in [5, 5.41) is 31.9. The third-order valence-electron chi connectivity index (χ3n) is 12.5. The molecule has 360 valence electrons. The summed E-state index contributed by atoms with van der Waals surface area (Å²) in [6.07, 6.45) is 1.44. The van der Waals surface area contributed by atoms with Gasteiger partial charge in [0.05, 0.1) is 17.7 Å². The lowest BCUT2D eigenvalue weighted by molar-refractivity contribution is -0.134. The first kappa shape index (κ1) is 49.4. The van der Waals surface area contributed by atoms with E-state index in [0.717, 1.165) is 27.6 Å². The van der Waals surface area contributed by atoms with Crippen LogP contribution in [0.25, 0.3) is 10.9 Å². The fourth-order valence-electron chi connectivity index (χ4n) is 8.71. The second-order valence-corrected chi connectivity index (χ2v) is 17.6. The van der Waals surface area contributed by atoms with E-state index >= 15 is 0 Å². The number of nitrogens with zero attached hydrogens (tertiary/aromatic N) is 1. The zero-order valence-electron chi connectivity index (χ0n) is 38.5. The number of benzene rings is 4. The van der Waals surface area contributed by atoms with Gasteiger partial charge in [-0.1, -0.05) is 109 Å². The van der Waals surface area contributed by atoms with Gasteiger partial charge in [-0.15, -0.1) is 0 Å². The van der Waals surface area contributed by atoms with Crippen molar-refractivity contribution in [2.75, 3.05) is 13.1 Å². The van der Waals surface area contributed by atoms with Gasteiger partial charge in [-0.25, -0.2) is 4.98 Å². The molecule has 0 radical (unpaired) electrons. The summed E-state index contributed by atoms with van der Waals surface area (Å²) < 4.78 is 0. The molecule has 16 heteroatoms. The van der Waals surface area contributed by atoms with Crippen LogP contribution in [0.5, 0.6) is 0 Å². The van der Waals surface area contributed by atoms with E-state index in [2.05, 4.69) is 42.2 Å². The summed E-state index contributed by atoms with van der Waals surface area (Å²) in [4.78, 5) is 102. The number of aliphatic hydroxyl groups is 1. The zero-order valence-corrected chi connectivity index (χ0v) is 38.5. The third-order valence-corrected chi connectivity index (χ3v) is 12.5. The van der Waals surface area contributed by atoms with Gasteiger partial charge < -0.3 is 42.3 Å². The molecule has 6 atom stereocenters. The Labute approximate surface area is 401 Å². The van der Waals surface area contributed by atoms with Crippen LogP contribution in [0.3, 0.4) is 0 Å². The van der Waals surface area contributed by atoms with E-state index < -0.39 is 65.8 Å². The van der Waals surface area contributed by atoms with Crippen LogP contribution >= 0.6 is 0 Å². The van der Waals surface area contributed by atoms with Crippen LogP contribution in [0.4, 0.5) is 0 Å². The number of rotatable bonds is 8. The highest BCUT2D eigenvalue weighted by molar-refractivity contribution is 5.99. The first-order chi connectivity index (χ1) is 33.5. The van der Waals surface area contributed by atoms with E-state index in [0.29, 0.717) is 37.6 Å². The molecule has 69 heavy (non-hydrogen) atoms. The Morgan fingerprint density at radius 2 is 1.16 bits per heavy atom. The van der Waals surface area contributed by atoms with E-state index in [9.17, 15) is 38.7 Å². The van der Waals surface area contributed by atoms with Gasteiger partial charge in [0.15, 0.2) is 0 Å². The normalized spacial score (nSPS) is 22.6. The molecule has 1 fully saturated rings. The molecule has 1 aromatic heterocycles. The Bertz CT molecular complexity index is 2590. The molecule has 1 saturated heterocycles. The van der Waals surface area contributed by atoms with Crippen LogP contribution in [-0.4, -0.2) is 94.8 Å². The second-order valence-electron chi connectivity index (χ2n) is 17.6. The first-order valence-corrected chi connectivity index (χ1v) is 23.8. The number of aliphatic hydroxyl groups excluding tert-OH is 1. The van der Waals surface area contributed by atoms with Crippen molar-refractivity contribution in [3.8, 4) is 0 Å². The molecule has 0 saturated carbocycles. The van der Waals surface area contributed by atoms with E-state index in [1.807, 2.05) is 91.0 Å². The van der Waals surface area contributed by atoms with E-state index in [1.54, 1.807) is 30.3 Å². The van der Waals surface area contributed by atoms with Crippen LogP contribution < -0.4 is 37.2 Å². The molecule has 2 heterocycles. The van der Waals surface area contributed by atoms with E-state index in [-0.39, 0.29) is 69.1 Å². The van der Waals surface area contributed by atoms with E-state index in [1.165, 1.54) is 0 Å². The molecule has 2 aliphatic rings. The molecule has 1 aliphatic heterocycles. The predicted molar refractivity (Wildman–Crippen MR) is 259 cm³/mol. The molecule has 7 rings (SSSR count). The van der Waals surface area contributed by atoms with Crippen LogP contribution in [0.2, 0.25) is 0 Å². The standard InChI is InChI=1S/C53H60N8O8/c62-45-33-37-20-7-9-21-38(37)48(45)61-51(67)41-24-12-14-30-55-47(64)28-27-46(63)54-29-13-11-23-40(57-50(66)42-26-25-36-19-8-10-22-39(36)56-42)49(65)59-44(32-35-17-5-2-6-18-35)53(69)60-43(52(68)58-41)31-34-15-3-1-4-16-34/h1-10,15-22,25-26,40-41,43-45,48,62H,11-14,23-24,27-33H2,(H,54,63)(H,55,64)(H,57,66)(H,58,68)(H,59,65)(H,60,69)(H,61,67)/t40-,41-,43-,44-,45+,48-/m0/s1. The SMILES string of the molecule is O=C1CCC(=O)NCCCC[C@@H](C(=O)N[C@H]2c3ccccc3C[C@H]2O)NC(=O)[C@H](Cc2ccccc2)NC(=O)[C@H](Cc2ccccc2)NC(=O)[C@@H](NC(=O)c2ccc3ccccc3n2)CCCCN1. The number of carbonyl (C=O) groups excluding carboxylic acids is 7. The smallest absolute Gasteiger partial charge is 0.270 e. The maximum Gasteiger partial charge on any atom is 0.270 e. The summed E-state index contributed by atoms with van der Waals surface area (Å²) in [5.74, 6) is -3.75. The topological polar surface area (TPSA) is 237 Å². The van der Waals surface area contributed by atoms with Gasteiger partial charge in [-0.05, 0) is 72.9 Å². The minimum atomic E-state index is -1.23. The second kappa shape index (κ2) is 24.5. The Morgan fingerprint density at radius 3 is 1.83 bits per heavy atom. The molecule has 7 amide bonds. The highest BCUT2D eigenvalue weighted by atomic mass is 16.3. The molecule has 8 N–H and O–H groups in total. The number of carbonyl (C=O) groups is 7. The van der Waals surface area contributed by atoms with Gasteiger partial charge in [-0.3, -0.25) is 33.6 Å². The minimum absolute atomic E-state index is 0.0315. The lowest BCUT2D eigenvalue weighted by atomic mass is 10.0. The number of fused-ring (bicyclic) bond motifs is 2. The maximum absolute atomic E-state index is 14.7. The highest BCUT2D eigenvalue weighted by Gasteiger charge is 2.36. The van der Waals surface area contributed by atoms with Gasteiger partial charge >= 0.3 is 0 Å². The summed E-state index contributed by atoms with van der Waals surface area (Å²) in [6, 6.07) is 30.8. The molecule has 1 aliphatic carbocycles. The van der Waals surface area contributed by atoms with Gasteiger partial charge in [0.25, 0.3) is 5.91 Å². The molecule has 0 unspecified atom stereocenters. The number of nitrogens with one attached hydrogen (secondary N) is 7. The quantitative estimate of drug-likeness (QED) is 0.114. The molecule has 0 spiro atoms. The van der Waals surface area contributed by atoms with Crippen LogP contribution in [0.1, 0.15) is 90.2 Å². The summed E-state index contributed by atoms with van der Waals surface area (Å²) in [6.45, 7) is 0.535. The summed E-state index contributed by atoms with van der Waals surface area (Å²) in [7, 11) is 0. The van der Waals surface area contributed by atoms with Gasteiger partial charge in [-0.2, -0.15) is 0 Å². The number of pyridine rings is 1. The average Bonchev–Trinajstić information content (AvgIpc) is 3.67. The van der Waals surface area contributed by atoms with Crippen molar-refractivity contribution < 1.29 is 38.7 Å². The average molecular weight is 937 g/mol. The van der Waals surface area contributed by atoms with Gasteiger partial charge in [0, 0.05) is 50.6 Å². The van der Waals surface area contributed by atoms with E-state index in [4.69, 9.17) is 0 Å². The van der Waals surface area contributed by atoms with Crippen molar-refractivity contribution in [1.82, 2.24) is 42.2 Å². The first-order valence-electron chi connectivity index (χ1n) is 23.8. The van der Waals surface area contributed by atoms with Crippen molar-refractivity contribution in [1.29, 1.82) is 0 Å². The Balaban J connectivity index is 1.17. The summed E-state index contributed by atoms with van der Waals surface area (Å²) in [5.41, 5.74) is 3.80. The number of hydrogen-bond donors (Lipinski definition) is 8. The zero-order chi connectivity index (χ0) is 48.5. The molecular formula is C53H60N8O8. The fourth-order valence-corrected chi connectivity index (χ4v) is 8.71. The molecule has 5 aromatic rings. The van der Waals surface area contributed by atoms with Crippen LogP contribution in [0, 0.1) is 0 Å². The Hall–Kier alpha value is -7.46. The van der Waals surface area contributed by atoms with Crippen molar-refractivity contribution in [2.45, 2.75) is 107 Å². The lowest BCUT2D eigenvalue weighted by Gasteiger charge is -2.28. The third kappa shape index (κ3) is 14.3. The highest BCUT2D eigenvalue weighted by Crippen LogP contribution is 2.31. The van der Waals surface area contributed by atoms with Gasteiger partial charge in [0.2, 0.25) is 35.4 Å². The Morgan fingerprint density at radius 1 is 0.594 bits per heavy atom. The number of hydrogen-bond acceptors (Lipinski definition) is 9. The van der Waals surface area contributed by atoms with Crippen LogP contribution in [0.15, 0.2) is 121 Å². The molecular weight excluding hydrogens is 877 g/mol. The predicted octanol–water partition coefficient (Wildman–Crippen LogP) is 3.41. The maximum atomic E-state index is 14.7. The molecule has 16 nitrogen and oxygen atoms in total. The minimum Gasteiger partial charge on any atom is -0.390 e. The van der Waals surface area contributed by atoms with Crippen molar-refractivity contribution in [2.24, 2.45) is 0 Å². The van der Waals surface area contributed by atoms with Crippen molar-refractivity contribution >= 4 is 52.3 Å². The number of para-hydroxylation sites is 1. The monoisotopic (exact) mass is 936 g/mol. The largest absolute Gasteiger partial charge is 0.390 e. The van der Waals surface area contributed by atoms with Crippen molar-refractivity contribution in [3.05, 3.63) is 149 Å².